The van der Waals surface area contributed by atoms with E-state index in [-0.39, 0.29) is 0 Å². The van der Waals surface area contributed by atoms with Crippen molar-refractivity contribution in [2.45, 2.75) is 24.7 Å². The van der Waals surface area contributed by atoms with Crippen molar-refractivity contribution in [3.8, 4) is 17.0 Å². The van der Waals surface area contributed by atoms with E-state index in [0.717, 1.165) is 46.2 Å². The summed E-state index contributed by atoms with van der Waals surface area (Å²) in [4.78, 5) is 15.9. The van der Waals surface area contributed by atoms with Crippen LogP contribution in [0.2, 0.25) is 0 Å². The van der Waals surface area contributed by atoms with Gasteiger partial charge in [-0.2, -0.15) is 0 Å². The van der Waals surface area contributed by atoms with Crippen molar-refractivity contribution in [1.82, 2.24) is 4.98 Å². The van der Waals surface area contributed by atoms with Crippen LogP contribution in [0.15, 0.2) is 89.8 Å². The van der Waals surface area contributed by atoms with E-state index in [9.17, 15) is 9.90 Å². The summed E-state index contributed by atoms with van der Waals surface area (Å²) < 4.78 is 5.18. The van der Waals surface area contributed by atoms with Crippen molar-refractivity contribution in [3.05, 3.63) is 96.1 Å². The molecule has 0 aliphatic rings. The first kappa shape index (κ1) is 22.1. The largest absolute Gasteiger partial charge is 0.512 e. The minimum absolute atomic E-state index is 0.318. The number of rotatable bonds is 7. The number of ether oxygens (including phenoxy) is 1. The summed E-state index contributed by atoms with van der Waals surface area (Å²) >= 11 is 1.83. The van der Waals surface area contributed by atoms with E-state index >= 15 is 0 Å². The summed E-state index contributed by atoms with van der Waals surface area (Å²) in [6.07, 6.45) is 0.304. The Morgan fingerprint density at radius 2 is 1.59 bits per heavy atom. The van der Waals surface area contributed by atoms with Crippen molar-refractivity contribution in [1.29, 1.82) is 0 Å². The first-order valence-electron chi connectivity index (χ1n) is 11.3. The third-order valence-electron chi connectivity index (χ3n) is 6.11. The van der Waals surface area contributed by atoms with E-state index in [1.54, 1.807) is 0 Å². The van der Waals surface area contributed by atoms with Crippen LogP contribution >= 0.6 is 11.8 Å². The van der Waals surface area contributed by atoms with Gasteiger partial charge in [-0.05, 0) is 53.5 Å². The van der Waals surface area contributed by atoms with Crippen LogP contribution in [-0.2, 0) is 6.42 Å². The van der Waals surface area contributed by atoms with Crippen LogP contribution in [0.5, 0.6) is 5.88 Å². The number of nitrogens with one attached hydrogen (secondary N) is 1. The highest BCUT2D eigenvalue weighted by atomic mass is 32.2. The molecule has 2 N–H and O–H groups in total. The van der Waals surface area contributed by atoms with Crippen LogP contribution in [0.3, 0.4) is 0 Å². The highest BCUT2D eigenvalue weighted by Crippen LogP contribution is 2.37. The molecule has 34 heavy (non-hydrogen) atoms. The van der Waals surface area contributed by atoms with Crippen LogP contribution < -0.4 is 4.74 Å². The molecular weight excluding hydrogens is 442 g/mol. The number of hydrogen-bond donors (Lipinski definition) is 2. The molecule has 0 saturated heterocycles. The Hall–Kier alpha value is -3.70. The standard InChI is InChI=1S/C29H25NO3S/c1-19-9-2-4-12-21(19)23-14-7-15-24-25(28(30-27(23)24)33-29(31)32)16-8-18-34-26-17-6-11-20-10-3-5-13-22(20)26/h2-7,9-15,17,30H,8,16,18H2,1H3,(H,31,32). The number of aryl methyl sites for hydroxylation is 2. The van der Waals surface area contributed by atoms with E-state index in [2.05, 4.69) is 72.6 Å². The Balaban J connectivity index is 1.42. The number of benzene rings is 4. The fourth-order valence-electron chi connectivity index (χ4n) is 4.52. The fourth-order valence-corrected chi connectivity index (χ4v) is 5.55. The first-order chi connectivity index (χ1) is 16.6. The second kappa shape index (κ2) is 9.65. The molecule has 0 fully saturated rings. The number of thioether (sulfide) groups is 1. The molecule has 0 radical (unpaired) electrons. The second-order valence-electron chi connectivity index (χ2n) is 8.27. The maximum Gasteiger partial charge on any atom is 0.512 e. The Kier molecular flexibility index (Phi) is 6.28. The molecule has 4 nitrogen and oxygen atoms in total. The molecule has 5 rings (SSSR count). The van der Waals surface area contributed by atoms with Crippen molar-refractivity contribution in [2.24, 2.45) is 0 Å². The molecule has 0 aliphatic carbocycles. The molecule has 1 heterocycles. The van der Waals surface area contributed by atoms with Crippen LogP contribution in [0.4, 0.5) is 4.79 Å². The Morgan fingerprint density at radius 1 is 0.882 bits per heavy atom. The monoisotopic (exact) mass is 467 g/mol. The van der Waals surface area contributed by atoms with Gasteiger partial charge in [0.2, 0.25) is 5.88 Å². The summed E-state index contributed by atoms with van der Waals surface area (Å²) in [5, 5.41) is 12.8. The highest BCUT2D eigenvalue weighted by Gasteiger charge is 2.18. The van der Waals surface area contributed by atoms with Crippen LogP contribution in [-0.4, -0.2) is 22.0 Å². The molecule has 0 bridgehead atoms. The van der Waals surface area contributed by atoms with Crippen LogP contribution in [0.25, 0.3) is 32.8 Å². The Bertz CT molecular complexity index is 1480. The number of aromatic amines is 1. The number of H-pyrrole nitrogens is 1. The molecule has 0 saturated carbocycles. The van der Waals surface area contributed by atoms with Crippen molar-refractivity contribution < 1.29 is 14.6 Å². The van der Waals surface area contributed by atoms with Gasteiger partial charge >= 0.3 is 6.16 Å². The summed E-state index contributed by atoms with van der Waals surface area (Å²) in [5.41, 5.74) is 5.14. The number of aromatic nitrogens is 1. The molecule has 0 aliphatic heterocycles. The molecule has 0 spiro atoms. The van der Waals surface area contributed by atoms with Crippen molar-refractivity contribution in [2.75, 3.05) is 5.75 Å². The van der Waals surface area contributed by atoms with Gasteiger partial charge in [0.25, 0.3) is 0 Å². The van der Waals surface area contributed by atoms with E-state index in [1.165, 1.54) is 21.2 Å². The van der Waals surface area contributed by atoms with E-state index in [4.69, 9.17) is 4.74 Å². The van der Waals surface area contributed by atoms with Crippen LogP contribution in [0, 0.1) is 6.92 Å². The number of para-hydroxylation sites is 1. The third-order valence-corrected chi connectivity index (χ3v) is 7.26. The SMILES string of the molecule is Cc1ccccc1-c1cccc2c(CCCSc3cccc4ccccc34)c(OC(=O)O)[nH]c12. The van der Waals surface area contributed by atoms with Gasteiger partial charge in [0.15, 0.2) is 0 Å². The number of carboxylic acid groups (broad SMARTS) is 1. The Morgan fingerprint density at radius 3 is 2.44 bits per heavy atom. The minimum atomic E-state index is -1.31. The van der Waals surface area contributed by atoms with E-state index in [0.29, 0.717) is 5.88 Å². The predicted molar refractivity (Wildman–Crippen MR) is 140 cm³/mol. The lowest BCUT2D eigenvalue weighted by atomic mass is 9.97. The minimum Gasteiger partial charge on any atom is -0.449 e. The van der Waals surface area contributed by atoms with Gasteiger partial charge in [-0.1, -0.05) is 78.9 Å². The molecule has 0 atom stereocenters. The van der Waals surface area contributed by atoms with Gasteiger partial charge in [-0.25, -0.2) is 4.79 Å². The molecule has 5 aromatic rings. The normalized spacial score (nSPS) is 11.2. The molecular formula is C29H25NO3S. The molecule has 170 valence electrons. The average molecular weight is 468 g/mol. The maximum absolute atomic E-state index is 11.4. The average Bonchev–Trinajstić information content (AvgIpc) is 3.18. The summed E-state index contributed by atoms with van der Waals surface area (Å²) in [6, 6.07) is 29.1. The van der Waals surface area contributed by atoms with Crippen molar-refractivity contribution in [3.63, 3.8) is 0 Å². The smallest absolute Gasteiger partial charge is 0.449 e. The molecule has 0 amide bonds. The zero-order chi connectivity index (χ0) is 23.5. The topological polar surface area (TPSA) is 62.3 Å². The summed E-state index contributed by atoms with van der Waals surface area (Å²) in [7, 11) is 0. The van der Waals surface area contributed by atoms with E-state index in [1.807, 2.05) is 36.0 Å². The zero-order valence-corrected chi connectivity index (χ0v) is 19.7. The number of hydrogen-bond acceptors (Lipinski definition) is 3. The van der Waals surface area contributed by atoms with E-state index < -0.39 is 6.16 Å². The van der Waals surface area contributed by atoms with Gasteiger partial charge < -0.3 is 14.8 Å². The van der Waals surface area contributed by atoms with Gasteiger partial charge in [0.05, 0.1) is 5.52 Å². The van der Waals surface area contributed by atoms with Gasteiger partial charge in [0.1, 0.15) is 0 Å². The first-order valence-corrected chi connectivity index (χ1v) is 12.3. The second-order valence-corrected chi connectivity index (χ2v) is 9.41. The Labute approximate surface area is 202 Å². The zero-order valence-electron chi connectivity index (χ0n) is 18.9. The number of carbonyl (C=O) groups is 1. The molecule has 5 heteroatoms. The van der Waals surface area contributed by atoms with Gasteiger partial charge in [-0.15, -0.1) is 11.8 Å². The molecule has 1 aromatic heterocycles. The predicted octanol–water partition coefficient (Wildman–Crippen LogP) is 8.08. The van der Waals surface area contributed by atoms with Crippen molar-refractivity contribution >= 4 is 39.6 Å². The maximum atomic E-state index is 11.4. The lowest BCUT2D eigenvalue weighted by Crippen LogP contribution is -2.05. The van der Waals surface area contributed by atoms with Gasteiger partial charge in [-0.3, -0.25) is 0 Å². The van der Waals surface area contributed by atoms with Crippen LogP contribution in [0.1, 0.15) is 17.5 Å². The molecule has 4 aromatic carbocycles. The van der Waals surface area contributed by atoms with Gasteiger partial charge in [0, 0.05) is 21.4 Å². The fraction of sp³-hybridized carbons (Fsp3) is 0.138. The lowest BCUT2D eigenvalue weighted by Gasteiger charge is -2.08. The summed E-state index contributed by atoms with van der Waals surface area (Å²) in [6.45, 7) is 2.08. The third kappa shape index (κ3) is 4.39. The highest BCUT2D eigenvalue weighted by molar-refractivity contribution is 7.99. The molecule has 0 unspecified atom stereocenters. The quantitative estimate of drug-likeness (QED) is 0.144. The number of fused-ring (bicyclic) bond motifs is 2. The summed E-state index contributed by atoms with van der Waals surface area (Å²) in [5.74, 6) is 1.24. The lowest BCUT2D eigenvalue weighted by molar-refractivity contribution is 0.142.